The highest BCUT2D eigenvalue weighted by Crippen LogP contribution is 2.29. The van der Waals surface area contributed by atoms with Crippen LogP contribution in [0.5, 0.6) is 0 Å². The first-order valence-electron chi connectivity index (χ1n) is 9.43. The van der Waals surface area contributed by atoms with Crippen molar-refractivity contribution >= 4 is 29.3 Å². The highest BCUT2D eigenvalue weighted by Gasteiger charge is 2.25. The molecule has 4 rings (SSSR count). The van der Waals surface area contributed by atoms with Crippen molar-refractivity contribution in [3.8, 4) is 5.69 Å². The molecule has 0 atom stereocenters. The molecule has 2 heterocycles. The molecule has 1 aliphatic rings. The van der Waals surface area contributed by atoms with Gasteiger partial charge in [-0.1, -0.05) is 23.7 Å². The lowest BCUT2D eigenvalue weighted by Crippen LogP contribution is -2.37. The molecule has 0 aliphatic carbocycles. The van der Waals surface area contributed by atoms with Crippen LogP contribution in [-0.4, -0.2) is 40.5 Å². The lowest BCUT2D eigenvalue weighted by atomic mass is 10.00. The fourth-order valence-electron chi connectivity index (χ4n) is 3.39. The Hall–Kier alpha value is -3.72. The molecule has 0 spiro atoms. The number of halogens is 2. The van der Waals surface area contributed by atoms with Gasteiger partial charge in [0, 0.05) is 29.2 Å². The van der Waals surface area contributed by atoms with Gasteiger partial charge in [-0.15, -0.1) is 0 Å². The van der Waals surface area contributed by atoms with Gasteiger partial charge in [0.2, 0.25) is 0 Å². The zero-order valence-corrected chi connectivity index (χ0v) is 17.0. The number of benzene rings is 2. The molecule has 158 valence electrons. The normalized spacial score (nSPS) is 12.3. The van der Waals surface area contributed by atoms with Gasteiger partial charge in [-0.25, -0.2) is 13.9 Å². The largest absolute Gasteiger partial charge is 0.352 e. The van der Waals surface area contributed by atoms with Crippen molar-refractivity contribution in [1.29, 1.82) is 0 Å². The van der Waals surface area contributed by atoms with Gasteiger partial charge < -0.3 is 16.4 Å². The number of carbonyl (C=O) groups excluding carboxylic acids is 2. The number of urea groups is 1. The smallest absolute Gasteiger partial charge is 0.312 e. The van der Waals surface area contributed by atoms with Gasteiger partial charge in [0.15, 0.2) is 0 Å². The van der Waals surface area contributed by atoms with E-state index in [1.165, 1.54) is 12.3 Å². The van der Waals surface area contributed by atoms with E-state index >= 15 is 0 Å². The van der Waals surface area contributed by atoms with Gasteiger partial charge in [0.1, 0.15) is 5.82 Å². The quantitative estimate of drug-likeness (QED) is 0.529. The SMILES string of the molecule is NC(=O)NCCNC(=O)c1cnn2c1CN=C(c1ccccc1F)c1cc(Cl)ccc1-2. The molecule has 8 nitrogen and oxygen atoms in total. The molecular weight excluding hydrogens is 423 g/mol. The summed E-state index contributed by atoms with van der Waals surface area (Å²) in [6.45, 7) is 0.502. The predicted molar refractivity (Wildman–Crippen MR) is 114 cm³/mol. The second-order valence-electron chi connectivity index (χ2n) is 6.77. The van der Waals surface area contributed by atoms with Crippen molar-refractivity contribution in [3.63, 3.8) is 0 Å². The van der Waals surface area contributed by atoms with Crippen LogP contribution in [0.3, 0.4) is 0 Å². The second-order valence-corrected chi connectivity index (χ2v) is 7.21. The number of amides is 3. The minimum atomic E-state index is -0.668. The number of nitrogens with zero attached hydrogens (tertiary/aromatic N) is 3. The summed E-state index contributed by atoms with van der Waals surface area (Å²) in [6.07, 6.45) is 1.45. The maximum absolute atomic E-state index is 14.6. The number of carbonyl (C=O) groups is 2. The number of hydrogen-bond donors (Lipinski definition) is 3. The highest BCUT2D eigenvalue weighted by molar-refractivity contribution is 6.31. The number of nitrogens with one attached hydrogen (secondary N) is 2. The number of aromatic nitrogens is 2. The van der Waals surface area contributed by atoms with E-state index in [9.17, 15) is 14.0 Å². The molecule has 1 aliphatic heterocycles. The third kappa shape index (κ3) is 4.13. The Morgan fingerprint density at radius 2 is 1.90 bits per heavy atom. The third-order valence-electron chi connectivity index (χ3n) is 4.78. The van der Waals surface area contributed by atoms with Crippen LogP contribution in [-0.2, 0) is 6.54 Å². The molecule has 0 radical (unpaired) electrons. The van der Waals surface area contributed by atoms with E-state index in [0.717, 1.165) is 0 Å². The molecular formula is C21H18ClFN6O2. The van der Waals surface area contributed by atoms with Gasteiger partial charge in [0.25, 0.3) is 5.91 Å². The van der Waals surface area contributed by atoms with E-state index in [-0.39, 0.29) is 25.5 Å². The van der Waals surface area contributed by atoms with E-state index in [1.54, 1.807) is 41.1 Å². The number of fused-ring (bicyclic) bond motifs is 3. The molecule has 31 heavy (non-hydrogen) atoms. The average Bonchev–Trinajstić information content (AvgIpc) is 3.09. The van der Waals surface area contributed by atoms with Crippen molar-refractivity contribution in [2.75, 3.05) is 13.1 Å². The van der Waals surface area contributed by atoms with Crippen LogP contribution in [0.2, 0.25) is 5.02 Å². The molecule has 2 aromatic carbocycles. The van der Waals surface area contributed by atoms with E-state index in [0.29, 0.717) is 38.8 Å². The fraction of sp³-hybridized carbons (Fsp3) is 0.143. The summed E-state index contributed by atoms with van der Waals surface area (Å²) >= 11 is 6.22. The molecule has 1 aromatic heterocycles. The van der Waals surface area contributed by atoms with Crippen LogP contribution in [0.4, 0.5) is 9.18 Å². The Morgan fingerprint density at radius 3 is 2.68 bits per heavy atom. The lowest BCUT2D eigenvalue weighted by molar-refractivity contribution is 0.0953. The summed E-state index contributed by atoms with van der Waals surface area (Å²) < 4.78 is 16.2. The standard InChI is InChI=1S/C21H18ClFN6O2/c22-12-5-6-17-14(9-12)19(13-3-1-2-4-16(13)23)27-11-18-15(10-28-29(17)18)20(30)25-7-8-26-21(24)31/h1-6,9-10H,7-8,11H2,(H,25,30)(H3,24,26,31). The first-order valence-corrected chi connectivity index (χ1v) is 9.81. The summed E-state index contributed by atoms with van der Waals surface area (Å²) in [5, 5.41) is 9.95. The van der Waals surface area contributed by atoms with Crippen LogP contribution in [0.1, 0.15) is 27.2 Å². The van der Waals surface area contributed by atoms with Gasteiger partial charge >= 0.3 is 6.03 Å². The fourth-order valence-corrected chi connectivity index (χ4v) is 3.56. The maximum atomic E-state index is 14.6. The summed E-state index contributed by atoms with van der Waals surface area (Å²) in [5.41, 5.74) is 7.90. The molecule has 0 saturated heterocycles. The lowest BCUT2D eigenvalue weighted by Gasteiger charge is -2.12. The summed E-state index contributed by atoms with van der Waals surface area (Å²) in [5.74, 6) is -0.779. The predicted octanol–water partition coefficient (Wildman–Crippen LogP) is 2.41. The molecule has 3 aromatic rings. The molecule has 3 amide bonds. The summed E-state index contributed by atoms with van der Waals surface area (Å²) in [4.78, 5) is 28.0. The maximum Gasteiger partial charge on any atom is 0.312 e. The van der Waals surface area contributed by atoms with Crippen LogP contribution in [0.25, 0.3) is 5.69 Å². The zero-order valence-electron chi connectivity index (χ0n) is 16.2. The van der Waals surface area contributed by atoms with Crippen molar-refractivity contribution in [2.24, 2.45) is 10.7 Å². The van der Waals surface area contributed by atoms with E-state index < -0.39 is 11.8 Å². The topological polar surface area (TPSA) is 114 Å². The molecule has 0 bridgehead atoms. The second kappa shape index (κ2) is 8.57. The first kappa shape index (κ1) is 20.5. The van der Waals surface area contributed by atoms with Gasteiger partial charge in [-0.3, -0.25) is 9.79 Å². The van der Waals surface area contributed by atoms with Gasteiger partial charge in [-0.05, 0) is 30.3 Å². The zero-order chi connectivity index (χ0) is 22.0. The Morgan fingerprint density at radius 1 is 1.13 bits per heavy atom. The third-order valence-corrected chi connectivity index (χ3v) is 5.02. The molecule has 0 fully saturated rings. The minimum absolute atomic E-state index is 0.109. The van der Waals surface area contributed by atoms with E-state index in [2.05, 4.69) is 20.7 Å². The Balaban J connectivity index is 1.73. The number of nitrogens with two attached hydrogens (primary N) is 1. The van der Waals surface area contributed by atoms with Gasteiger partial charge in [-0.2, -0.15) is 5.10 Å². The highest BCUT2D eigenvalue weighted by atomic mass is 35.5. The van der Waals surface area contributed by atoms with Gasteiger partial charge in [0.05, 0.1) is 35.4 Å². The number of rotatable bonds is 5. The van der Waals surface area contributed by atoms with E-state index in [1.807, 2.05) is 0 Å². The van der Waals surface area contributed by atoms with Crippen LogP contribution < -0.4 is 16.4 Å². The van der Waals surface area contributed by atoms with Crippen LogP contribution in [0.15, 0.2) is 53.7 Å². The van der Waals surface area contributed by atoms with Crippen LogP contribution in [0, 0.1) is 5.82 Å². The molecule has 0 saturated carbocycles. The summed E-state index contributed by atoms with van der Waals surface area (Å²) in [6, 6.07) is 10.8. The van der Waals surface area contributed by atoms with Crippen molar-refractivity contribution in [3.05, 3.63) is 81.9 Å². The monoisotopic (exact) mass is 440 g/mol. The Labute approximate surface area is 181 Å². The van der Waals surface area contributed by atoms with Crippen molar-refractivity contribution in [2.45, 2.75) is 6.54 Å². The van der Waals surface area contributed by atoms with Crippen molar-refractivity contribution < 1.29 is 14.0 Å². The first-order chi connectivity index (χ1) is 15.0. The molecule has 10 heteroatoms. The molecule has 4 N–H and O–H groups in total. The number of aliphatic imine (C=N–C) groups is 1. The Kier molecular flexibility index (Phi) is 5.68. The number of hydrogen-bond acceptors (Lipinski definition) is 4. The number of primary amides is 1. The minimum Gasteiger partial charge on any atom is -0.352 e. The average molecular weight is 441 g/mol. The summed E-state index contributed by atoms with van der Waals surface area (Å²) in [7, 11) is 0. The van der Waals surface area contributed by atoms with Crippen LogP contribution >= 0.6 is 11.6 Å². The van der Waals surface area contributed by atoms with E-state index in [4.69, 9.17) is 17.3 Å². The Bertz CT molecular complexity index is 1210. The molecule has 0 unspecified atom stereocenters. The van der Waals surface area contributed by atoms with Crippen molar-refractivity contribution in [1.82, 2.24) is 20.4 Å².